The predicted molar refractivity (Wildman–Crippen MR) is 299 cm³/mol. The maximum Gasteiger partial charge on any atom is 0.160 e. The van der Waals surface area contributed by atoms with Gasteiger partial charge in [0.2, 0.25) is 0 Å². The normalized spacial score (nSPS) is 32.6. The van der Waals surface area contributed by atoms with Crippen LogP contribution in [0.2, 0.25) is 0 Å². The van der Waals surface area contributed by atoms with E-state index in [0.29, 0.717) is 62.2 Å². The number of nitrogens with one attached hydrogen (secondary N) is 4. The molecule has 2 aliphatic heterocycles. The molecule has 7 aliphatic rings. The first-order chi connectivity index (χ1) is 37.7. The van der Waals surface area contributed by atoms with Crippen molar-refractivity contribution in [1.82, 2.24) is 20.9 Å². The Morgan fingerprint density at radius 1 is 0.936 bits per heavy atom. The number of nitrogens with two attached hydrogens (primary N) is 1. The number of rotatable bonds is 16. The number of ketones is 2. The third kappa shape index (κ3) is 10.0. The van der Waals surface area contributed by atoms with Crippen LogP contribution in [0.4, 0.5) is 0 Å². The fraction of sp³-hybridized carbons (Fsp3) is 0.562. The molecule has 3 heterocycles. The molecule has 14 heteroatoms. The van der Waals surface area contributed by atoms with Gasteiger partial charge in [0.25, 0.3) is 0 Å². The maximum atomic E-state index is 15.1. The van der Waals surface area contributed by atoms with Crippen LogP contribution < -0.4 is 26.4 Å². The minimum atomic E-state index is -1.46. The number of aromatic amines is 1. The molecular weight excluding hydrogens is 983 g/mol. The lowest BCUT2D eigenvalue weighted by Gasteiger charge is -2.64. The van der Waals surface area contributed by atoms with Crippen LogP contribution in [0.15, 0.2) is 89.9 Å². The number of aromatic hydroxyl groups is 1. The lowest BCUT2D eigenvalue weighted by molar-refractivity contribution is -0.142. The van der Waals surface area contributed by atoms with E-state index in [1.54, 1.807) is 12.1 Å². The number of methoxy groups -OCH3 is 1. The Morgan fingerprint density at radius 3 is 2.53 bits per heavy atom. The Morgan fingerprint density at radius 2 is 1.76 bits per heavy atom. The number of fused-ring (bicyclic) bond motifs is 5. The number of carbonyl (C=O) groups is 2. The summed E-state index contributed by atoms with van der Waals surface area (Å²) in [5, 5.41) is 82.8. The zero-order valence-electron chi connectivity index (χ0n) is 45.5. The molecule has 4 fully saturated rings. The summed E-state index contributed by atoms with van der Waals surface area (Å²) >= 11 is 0. The summed E-state index contributed by atoms with van der Waals surface area (Å²) in [5.41, 5.74) is 12.0. The number of piperidine rings is 1. The molecule has 5 aliphatic carbocycles. The molecule has 4 aromatic rings. The number of phenolic OH excluding ortho intramolecular Hbond substituents is 1. The number of allylic oxidation sites excluding steroid dienone is 2. The van der Waals surface area contributed by atoms with Crippen molar-refractivity contribution in [3.63, 3.8) is 0 Å². The number of Topliss-reactive ketones (excluding diaryl/α,β-unsaturated/α-hetero) is 2. The molecule has 12 N–H and O–H groups in total. The Kier molecular flexibility index (Phi) is 15.8. The van der Waals surface area contributed by atoms with Crippen molar-refractivity contribution >= 4 is 22.3 Å². The molecule has 1 saturated heterocycles. The Balaban J connectivity index is 0.923. The summed E-state index contributed by atoms with van der Waals surface area (Å²) in [6.07, 6.45) is 3.38. The first-order valence-corrected chi connectivity index (χ1v) is 29.1. The van der Waals surface area contributed by atoms with E-state index in [1.807, 2.05) is 24.4 Å². The lowest BCUT2D eigenvalue weighted by atomic mass is 9.43. The number of aliphatic hydroxyl groups is 5. The highest BCUT2D eigenvalue weighted by molar-refractivity contribution is 5.89. The Hall–Kier alpha value is -5.50. The summed E-state index contributed by atoms with van der Waals surface area (Å²) in [4.78, 5) is 32.1. The fourth-order valence-corrected chi connectivity index (χ4v) is 16.7. The Bertz CT molecular complexity index is 3010. The predicted octanol–water partition coefficient (Wildman–Crippen LogP) is 6.65. The van der Waals surface area contributed by atoms with Crippen LogP contribution in [-0.4, -0.2) is 111 Å². The van der Waals surface area contributed by atoms with E-state index in [-0.39, 0.29) is 115 Å². The molecular formula is C64H81N5O9. The van der Waals surface area contributed by atoms with E-state index in [1.165, 1.54) is 18.4 Å². The number of hydrogen-bond acceptors (Lipinski definition) is 13. The van der Waals surface area contributed by atoms with Crippen molar-refractivity contribution in [1.29, 1.82) is 0 Å². The van der Waals surface area contributed by atoms with Gasteiger partial charge in [-0.15, -0.1) is 0 Å². The smallest absolute Gasteiger partial charge is 0.160 e. The topological polar surface area (TPSA) is 243 Å². The van der Waals surface area contributed by atoms with E-state index in [9.17, 15) is 35.4 Å². The first kappa shape index (κ1) is 54.5. The first-order valence-electron chi connectivity index (χ1n) is 29.1. The largest absolute Gasteiger partial charge is 0.504 e. The number of carbonyl (C=O) groups excluding carboxylic acids is 2. The molecule has 0 amide bonds. The minimum absolute atomic E-state index is 0.0122. The number of aromatic nitrogens is 1. The van der Waals surface area contributed by atoms with Crippen LogP contribution in [0.5, 0.6) is 11.5 Å². The second-order valence-corrected chi connectivity index (χ2v) is 24.2. The maximum absolute atomic E-state index is 15.1. The van der Waals surface area contributed by atoms with Gasteiger partial charge >= 0.3 is 0 Å². The van der Waals surface area contributed by atoms with Crippen LogP contribution >= 0.6 is 0 Å². The van der Waals surface area contributed by atoms with Crippen molar-refractivity contribution in [2.24, 2.45) is 52.6 Å². The van der Waals surface area contributed by atoms with Gasteiger partial charge in [0.15, 0.2) is 23.6 Å². The van der Waals surface area contributed by atoms with E-state index in [4.69, 9.17) is 10.5 Å². The average molecular weight is 1060 g/mol. The van der Waals surface area contributed by atoms with Gasteiger partial charge in [-0.1, -0.05) is 68.2 Å². The zero-order valence-corrected chi connectivity index (χ0v) is 45.5. The standard InChI is InChI=1S/C64H81N5O9/c1-4-34-31-69-57(65)30-46(34)45(37-11-10-35-8-6-7-9-36(35)22-37)29-52(72)51(71)23-39-16-19-64(55(74)14-12-38-24-54(78-3)53(73)28-44(38)39)20-17-40(25-56(64)75)59-42(13-15-58(76)77)48-33-68-50-27-41(70)26-47-43-18-21-67-63(43)62(61(48)60(47)50)49(59)32-66-5-2/h6-11,18,21-22,24,28,30,39-40,42,45,47-52,56,58-62,66-69,71-73,75-77H,4-5,12-15,17,20,23,25-27,29,31-33,65H2,1-3H3. The number of dihydropyridines is 1. The lowest BCUT2D eigenvalue weighted by Crippen LogP contribution is -2.65. The van der Waals surface area contributed by atoms with Crippen molar-refractivity contribution in [3.8, 4) is 23.3 Å². The quantitative estimate of drug-likeness (QED) is 0.0417. The van der Waals surface area contributed by atoms with E-state index in [0.717, 1.165) is 59.1 Å². The molecule has 16 unspecified atom stereocenters. The van der Waals surface area contributed by atoms with Crippen molar-refractivity contribution < 1.29 is 45.0 Å². The molecule has 1 spiro atoms. The molecule has 14 nitrogen and oxygen atoms in total. The molecule has 1 aromatic heterocycles. The highest BCUT2D eigenvalue weighted by Gasteiger charge is 2.63. The monoisotopic (exact) mass is 1060 g/mol. The fourth-order valence-electron chi connectivity index (χ4n) is 16.7. The molecule has 0 radical (unpaired) electrons. The van der Waals surface area contributed by atoms with Crippen LogP contribution in [0.3, 0.4) is 0 Å². The average Bonchev–Trinajstić information content (AvgIpc) is 4.06. The SMILES string of the molecule is CCNCC1C2c3[nH]ccc3C3CC(=O)CC4NCC(C(CCC(O)O)C1C1CCC5(C#CC(CC(O)C(O)CC(C6=C(CC)CNC(N)=C6)c6ccc7ccccc7c6)c6cc(O)c(OC)cc6CCC5=O)C(O)C1)C2C43. The highest BCUT2D eigenvalue weighted by Crippen LogP contribution is 2.65. The molecule has 16 atom stereocenters. The van der Waals surface area contributed by atoms with E-state index >= 15 is 4.79 Å². The van der Waals surface area contributed by atoms with Gasteiger partial charge in [-0.05, 0) is 193 Å². The van der Waals surface area contributed by atoms with Gasteiger partial charge < -0.3 is 62.0 Å². The van der Waals surface area contributed by atoms with E-state index in [2.05, 4.69) is 83.0 Å². The number of H-pyrrole nitrogens is 1. The number of phenols is 1. The van der Waals surface area contributed by atoms with Gasteiger partial charge in [-0.2, -0.15) is 0 Å². The summed E-state index contributed by atoms with van der Waals surface area (Å²) in [6.45, 7) is 7.05. The third-order valence-corrected chi connectivity index (χ3v) is 20.3. The van der Waals surface area contributed by atoms with Crippen LogP contribution in [0.1, 0.15) is 136 Å². The minimum Gasteiger partial charge on any atom is -0.504 e. The molecule has 0 bridgehead atoms. The summed E-state index contributed by atoms with van der Waals surface area (Å²) < 4.78 is 5.58. The molecule has 416 valence electrons. The van der Waals surface area contributed by atoms with Crippen LogP contribution in [0.25, 0.3) is 10.8 Å². The molecule has 3 aromatic carbocycles. The van der Waals surface area contributed by atoms with Gasteiger partial charge in [-0.3, -0.25) is 9.59 Å². The molecule has 11 rings (SSSR count). The molecule has 78 heavy (non-hydrogen) atoms. The van der Waals surface area contributed by atoms with Crippen molar-refractivity contribution in [3.05, 3.63) is 118 Å². The number of benzene rings is 3. The number of hydrogen-bond donors (Lipinski definition) is 11. The number of aliphatic hydroxyl groups excluding tert-OH is 4. The van der Waals surface area contributed by atoms with Crippen LogP contribution in [-0.2, 0) is 16.0 Å². The van der Waals surface area contributed by atoms with Crippen molar-refractivity contribution in [2.75, 3.05) is 33.3 Å². The number of ether oxygens (including phenoxy) is 1. The number of aryl methyl sites for hydroxylation is 1. The third-order valence-electron chi connectivity index (χ3n) is 20.3. The van der Waals surface area contributed by atoms with Gasteiger partial charge in [0, 0.05) is 61.5 Å². The van der Waals surface area contributed by atoms with Crippen LogP contribution in [0, 0.1) is 58.7 Å². The van der Waals surface area contributed by atoms with Gasteiger partial charge in [0.05, 0.1) is 31.2 Å². The zero-order chi connectivity index (χ0) is 54.6. The summed E-state index contributed by atoms with van der Waals surface area (Å²) in [5.74, 6) is 7.95. The summed E-state index contributed by atoms with van der Waals surface area (Å²) in [7, 11) is 1.48. The second kappa shape index (κ2) is 22.6. The molecule has 3 saturated carbocycles. The van der Waals surface area contributed by atoms with E-state index < -0.39 is 35.9 Å². The summed E-state index contributed by atoms with van der Waals surface area (Å²) in [6, 6.07) is 20.1. The van der Waals surface area contributed by atoms with Gasteiger partial charge in [0.1, 0.15) is 11.2 Å². The second-order valence-electron chi connectivity index (χ2n) is 24.2. The van der Waals surface area contributed by atoms with Gasteiger partial charge in [-0.25, -0.2) is 0 Å². The highest BCUT2D eigenvalue weighted by atomic mass is 16.5. The van der Waals surface area contributed by atoms with Crippen molar-refractivity contribution in [2.45, 2.75) is 145 Å². The Labute approximate surface area is 458 Å².